The van der Waals surface area contributed by atoms with Crippen LogP contribution in [-0.4, -0.2) is 22.1 Å². The molecular formula is C15H18N2O3. The van der Waals surface area contributed by atoms with Crippen molar-refractivity contribution in [2.75, 3.05) is 6.61 Å². The van der Waals surface area contributed by atoms with E-state index < -0.39 is 5.97 Å². The third-order valence-corrected chi connectivity index (χ3v) is 3.00. The highest BCUT2D eigenvalue weighted by atomic mass is 16.5. The third-order valence-electron chi connectivity index (χ3n) is 3.00. The highest BCUT2D eigenvalue weighted by molar-refractivity contribution is 5.78. The first-order chi connectivity index (χ1) is 9.54. The molecule has 106 valence electrons. The minimum absolute atomic E-state index is 0.0433. The van der Waals surface area contributed by atoms with Gasteiger partial charge in [-0.05, 0) is 19.1 Å². The molecule has 1 aromatic heterocycles. The Labute approximate surface area is 117 Å². The van der Waals surface area contributed by atoms with Crippen molar-refractivity contribution in [3.8, 4) is 0 Å². The molecule has 0 N–H and O–H groups in total. The number of carbonyl (C=O) groups is 1. The molecule has 0 fully saturated rings. The second-order valence-electron chi connectivity index (χ2n) is 4.84. The van der Waals surface area contributed by atoms with Crippen LogP contribution >= 0.6 is 0 Å². The number of nitrogens with zero attached hydrogens (tertiary/aromatic N) is 2. The van der Waals surface area contributed by atoms with Crippen molar-refractivity contribution >= 4 is 16.9 Å². The van der Waals surface area contributed by atoms with Crippen molar-refractivity contribution in [2.45, 2.75) is 33.2 Å². The first-order valence-electron chi connectivity index (χ1n) is 6.69. The van der Waals surface area contributed by atoms with Crippen LogP contribution in [0.4, 0.5) is 0 Å². The number of benzene rings is 1. The Morgan fingerprint density at radius 3 is 2.70 bits per heavy atom. The number of fused-ring (bicyclic) bond motifs is 1. The van der Waals surface area contributed by atoms with E-state index in [9.17, 15) is 9.59 Å². The molecule has 0 aliphatic heterocycles. The van der Waals surface area contributed by atoms with E-state index in [0.29, 0.717) is 23.3 Å². The zero-order chi connectivity index (χ0) is 14.7. The van der Waals surface area contributed by atoms with Gasteiger partial charge in [-0.2, -0.15) is 0 Å². The lowest BCUT2D eigenvalue weighted by Gasteiger charge is -2.15. The maximum Gasteiger partial charge on any atom is 0.326 e. The second-order valence-corrected chi connectivity index (χ2v) is 4.84. The van der Waals surface area contributed by atoms with Gasteiger partial charge in [0.2, 0.25) is 0 Å². The Bertz CT molecular complexity index is 689. The number of aromatic nitrogens is 2. The average molecular weight is 274 g/mol. The van der Waals surface area contributed by atoms with Crippen molar-refractivity contribution < 1.29 is 9.53 Å². The summed E-state index contributed by atoms with van der Waals surface area (Å²) in [5.74, 6) is 0.220. The van der Waals surface area contributed by atoms with E-state index in [1.54, 1.807) is 25.1 Å². The van der Waals surface area contributed by atoms with Gasteiger partial charge >= 0.3 is 5.97 Å². The summed E-state index contributed by atoms with van der Waals surface area (Å²) in [7, 11) is 0. The van der Waals surface area contributed by atoms with E-state index in [2.05, 4.69) is 4.98 Å². The smallest absolute Gasteiger partial charge is 0.326 e. The molecule has 1 heterocycles. The quantitative estimate of drug-likeness (QED) is 0.801. The molecule has 0 radical (unpaired) electrons. The largest absolute Gasteiger partial charge is 0.465 e. The summed E-state index contributed by atoms with van der Waals surface area (Å²) in [5, 5.41) is 0.515. The van der Waals surface area contributed by atoms with Crippen molar-refractivity contribution in [1.29, 1.82) is 0 Å². The standard InChI is InChI=1S/C15H18N2O3/c1-4-20-13(18)9-17-14(10(2)3)16-12-8-6-5-7-11(12)15(17)19/h5-8,10H,4,9H2,1-3H3. The topological polar surface area (TPSA) is 61.2 Å². The first kappa shape index (κ1) is 14.2. The lowest BCUT2D eigenvalue weighted by molar-refractivity contribution is -0.143. The van der Waals surface area contributed by atoms with E-state index in [1.165, 1.54) is 4.57 Å². The second kappa shape index (κ2) is 5.86. The van der Waals surface area contributed by atoms with E-state index >= 15 is 0 Å². The number of rotatable bonds is 4. The molecule has 2 aromatic rings. The summed E-state index contributed by atoms with van der Waals surface area (Å²) in [6, 6.07) is 7.15. The Morgan fingerprint density at radius 1 is 1.35 bits per heavy atom. The molecule has 0 aliphatic rings. The summed E-state index contributed by atoms with van der Waals surface area (Å²) in [6.07, 6.45) is 0. The fourth-order valence-electron chi connectivity index (χ4n) is 2.11. The minimum Gasteiger partial charge on any atom is -0.465 e. The van der Waals surface area contributed by atoms with Gasteiger partial charge in [0, 0.05) is 5.92 Å². The lowest BCUT2D eigenvalue weighted by Crippen LogP contribution is -2.30. The monoisotopic (exact) mass is 274 g/mol. The SMILES string of the molecule is CCOC(=O)Cn1c(C(C)C)nc2ccccc2c1=O. The van der Waals surface area contributed by atoms with Gasteiger partial charge in [0.15, 0.2) is 0 Å². The Morgan fingerprint density at radius 2 is 2.05 bits per heavy atom. The molecule has 0 atom stereocenters. The number of carbonyl (C=O) groups excluding carboxylic acids is 1. The molecule has 20 heavy (non-hydrogen) atoms. The third kappa shape index (κ3) is 2.71. The maximum absolute atomic E-state index is 12.5. The van der Waals surface area contributed by atoms with Crippen LogP contribution in [0.2, 0.25) is 0 Å². The van der Waals surface area contributed by atoms with Gasteiger partial charge in [-0.25, -0.2) is 4.98 Å². The minimum atomic E-state index is -0.423. The first-order valence-corrected chi connectivity index (χ1v) is 6.69. The number of hydrogen-bond donors (Lipinski definition) is 0. The molecule has 0 saturated heterocycles. The van der Waals surface area contributed by atoms with E-state index in [1.807, 2.05) is 19.9 Å². The van der Waals surface area contributed by atoms with Crippen molar-refractivity contribution in [3.63, 3.8) is 0 Å². The normalized spacial score (nSPS) is 11.0. The van der Waals surface area contributed by atoms with Gasteiger partial charge in [-0.15, -0.1) is 0 Å². The molecule has 0 amide bonds. The van der Waals surface area contributed by atoms with Crippen LogP contribution in [0.15, 0.2) is 29.1 Å². The molecule has 5 heteroatoms. The van der Waals surface area contributed by atoms with Gasteiger partial charge in [0.25, 0.3) is 5.56 Å². The summed E-state index contributed by atoms with van der Waals surface area (Å²) in [5.41, 5.74) is 0.452. The molecule has 0 bridgehead atoms. The zero-order valence-corrected chi connectivity index (χ0v) is 11.9. The molecule has 0 saturated carbocycles. The maximum atomic E-state index is 12.5. The zero-order valence-electron chi connectivity index (χ0n) is 11.9. The average Bonchev–Trinajstić information content (AvgIpc) is 2.42. The number of esters is 1. The summed E-state index contributed by atoms with van der Waals surface area (Å²) in [6.45, 7) is 5.82. The Kier molecular flexibility index (Phi) is 4.17. The van der Waals surface area contributed by atoms with Crippen molar-refractivity contribution in [2.24, 2.45) is 0 Å². The fraction of sp³-hybridized carbons (Fsp3) is 0.400. The molecule has 0 aliphatic carbocycles. The molecule has 0 spiro atoms. The van der Waals surface area contributed by atoms with Crippen LogP contribution in [0.5, 0.6) is 0 Å². The molecule has 0 unspecified atom stereocenters. The predicted molar refractivity (Wildman–Crippen MR) is 76.7 cm³/mol. The van der Waals surface area contributed by atoms with Crippen molar-refractivity contribution in [3.05, 3.63) is 40.4 Å². The van der Waals surface area contributed by atoms with Gasteiger partial charge in [0.1, 0.15) is 12.4 Å². The number of ether oxygens (including phenoxy) is 1. The summed E-state index contributed by atoms with van der Waals surface area (Å²) in [4.78, 5) is 28.7. The number of hydrogen-bond acceptors (Lipinski definition) is 4. The Balaban J connectivity index is 2.61. The lowest BCUT2D eigenvalue weighted by atomic mass is 10.1. The highest BCUT2D eigenvalue weighted by Crippen LogP contribution is 2.14. The molecule has 2 rings (SSSR count). The van der Waals surface area contributed by atoms with Gasteiger partial charge in [-0.1, -0.05) is 26.0 Å². The van der Waals surface area contributed by atoms with Crippen molar-refractivity contribution in [1.82, 2.24) is 9.55 Å². The van der Waals surface area contributed by atoms with E-state index in [-0.39, 0.29) is 18.0 Å². The van der Waals surface area contributed by atoms with E-state index in [4.69, 9.17) is 4.74 Å². The van der Waals surface area contributed by atoms with Crippen LogP contribution in [0.1, 0.15) is 32.5 Å². The summed E-state index contributed by atoms with van der Waals surface area (Å²) >= 11 is 0. The van der Waals surface area contributed by atoms with Crippen LogP contribution in [0.3, 0.4) is 0 Å². The highest BCUT2D eigenvalue weighted by Gasteiger charge is 2.16. The summed E-state index contributed by atoms with van der Waals surface area (Å²) < 4.78 is 6.33. The Hall–Kier alpha value is -2.17. The molecule has 5 nitrogen and oxygen atoms in total. The fourth-order valence-corrected chi connectivity index (χ4v) is 2.11. The van der Waals surface area contributed by atoms with Gasteiger partial charge in [0.05, 0.1) is 17.5 Å². The van der Waals surface area contributed by atoms with Gasteiger partial charge < -0.3 is 4.74 Å². The van der Waals surface area contributed by atoms with Gasteiger partial charge in [-0.3, -0.25) is 14.2 Å². The number of para-hydroxylation sites is 1. The van der Waals surface area contributed by atoms with E-state index in [0.717, 1.165) is 0 Å². The molecular weight excluding hydrogens is 256 g/mol. The molecule has 1 aromatic carbocycles. The van der Waals surface area contributed by atoms with Crippen LogP contribution < -0.4 is 5.56 Å². The van der Waals surface area contributed by atoms with Crippen LogP contribution in [-0.2, 0) is 16.1 Å². The van der Waals surface area contributed by atoms with Crippen LogP contribution in [0, 0.1) is 0 Å². The van der Waals surface area contributed by atoms with Crippen LogP contribution in [0.25, 0.3) is 10.9 Å². The predicted octanol–water partition coefficient (Wildman–Crippen LogP) is 2.08.